The molecule has 2 aromatic rings. The van der Waals surface area contributed by atoms with E-state index in [2.05, 4.69) is 20.9 Å². The summed E-state index contributed by atoms with van der Waals surface area (Å²) in [5.74, 6) is 0.0397. The normalized spacial score (nSPS) is 16.9. The number of benzene rings is 2. The van der Waals surface area contributed by atoms with Crippen LogP contribution in [0.5, 0.6) is 0 Å². The molecular formula is C25H30N4O3. The molecular weight excluding hydrogens is 404 g/mol. The SMILES string of the molecule is O=C(CN1CCC(NC(=O)C2CC2)CC1)Nc1ccccc1C(=O)NCc1ccccc1. The predicted octanol–water partition coefficient (Wildman–Crippen LogP) is 2.55. The van der Waals surface area contributed by atoms with Crippen LogP contribution >= 0.6 is 0 Å². The monoisotopic (exact) mass is 434 g/mol. The van der Waals surface area contributed by atoms with Gasteiger partial charge < -0.3 is 16.0 Å². The number of para-hydroxylation sites is 1. The van der Waals surface area contributed by atoms with Gasteiger partial charge in [-0.25, -0.2) is 0 Å². The van der Waals surface area contributed by atoms with E-state index in [-0.39, 0.29) is 36.2 Å². The summed E-state index contributed by atoms with van der Waals surface area (Å²) in [5, 5.41) is 8.93. The van der Waals surface area contributed by atoms with Gasteiger partial charge in [-0.15, -0.1) is 0 Å². The first-order chi connectivity index (χ1) is 15.6. The van der Waals surface area contributed by atoms with Gasteiger partial charge in [-0.05, 0) is 43.4 Å². The second kappa shape index (κ2) is 10.4. The number of hydrogen-bond donors (Lipinski definition) is 3. The van der Waals surface area contributed by atoms with Crippen molar-refractivity contribution >= 4 is 23.4 Å². The van der Waals surface area contributed by atoms with Crippen molar-refractivity contribution in [3.05, 3.63) is 65.7 Å². The lowest BCUT2D eigenvalue weighted by molar-refractivity contribution is -0.123. The van der Waals surface area contributed by atoms with Crippen LogP contribution in [0.2, 0.25) is 0 Å². The van der Waals surface area contributed by atoms with E-state index in [1.807, 2.05) is 30.3 Å². The van der Waals surface area contributed by atoms with Crippen molar-refractivity contribution in [3.8, 4) is 0 Å². The van der Waals surface area contributed by atoms with Crippen LogP contribution in [0.3, 0.4) is 0 Å². The van der Waals surface area contributed by atoms with Crippen LogP contribution in [0.25, 0.3) is 0 Å². The molecule has 3 N–H and O–H groups in total. The Kier molecular flexibility index (Phi) is 7.17. The molecule has 1 saturated carbocycles. The molecule has 2 fully saturated rings. The van der Waals surface area contributed by atoms with Crippen molar-refractivity contribution < 1.29 is 14.4 Å². The summed E-state index contributed by atoms with van der Waals surface area (Å²) in [6, 6.07) is 17.0. The fourth-order valence-corrected chi connectivity index (χ4v) is 3.96. The Morgan fingerprint density at radius 3 is 2.28 bits per heavy atom. The van der Waals surface area contributed by atoms with Gasteiger partial charge in [0.2, 0.25) is 11.8 Å². The lowest BCUT2D eigenvalue weighted by Gasteiger charge is -2.31. The van der Waals surface area contributed by atoms with E-state index in [1.165, 1.54) is 0 Å². The lowest BCUT2D eigenvalue weighted by Crippen LogP contribution is -2.47. The number of nitrogens with one attached hydrogen (secondary N) is 3. The van der Waals surface area contributed by atoms with E-state index in [9.17, 15) is 14.4 Å². The Morgan fingerprint density at radius 2 is 1.56 bits per heavy atom. The molecule has 0 atom stereocenters. The molecule has 2 aliphatic rings. The standard InChI is InChI=1S/C25H30N4O3/c30-23(17-29-14-12-20(13-15-29)27-24(31)19-10-11-19)28-22-9-5-4-8-21(22)25(32)26-16-18-6-2-1-3-7-18/h1-9,19-20H,10-17H2,(H,26,32)(H,27,31)(H,28,30). The van der Waals surface area contributed by atoms with E-state index >= 15 is 0 Å². The first kappa shape index (κ1) is 22.0. The van der Waals surface area contributed by atoms with Gasteiger partial charge in [0.25, 0.3) is 5.91 Å². The maximum atomic E-state index is 12.7. The van der Waals surface area contributed by atoms with Crippen LogP contribution in [-0.4, -0.2) is 48.3 Å². The molecule has 7 heteroatoms. The summed E-state index contributed by atoms with van der Waals surface area (Å²) in [6.07, 6.45) is 3.72. The van der Waals surface area contributed by atoms with Gasteiger partial charge in [-0.1, -0.05) is 42.5 Å². The fourth-order valence-electron chi connectivity index (χ4n) is 3.96. The molecule has 7 nitrogen and oxygen atoms in total. The Hall–Kier alpha value is -3.19. The smallest absolute Gasteiger partial charge is 0.253 e. The highest BCUT2D eigenvalue weighted by Gasteiger charge is 2.32. The summed E-state index contributed by atoms with van der Waals surface area (Å²) in [5.41, 5.74) is 1.96. The highest BCUT2D eigenvalue weighted by molar-refractivity contribution is 6.04. The minimum atomic E-state index is -0.225. The summed E-state index contributed by atoms with van der Waals surface area (Å²) in [7, 11) is 0. The number of likely N-dealkylation sites (tertiary alicyclic amines) is 1. The quantitative estimate of drug-likeness (QED) is 0.596. The van der Waals surface area contributed by atoms with Crippen molar-refractivity contribution in [1.82, 2.24) is 15.5 Å². The van der Waals surface area contributed by atoms with Crippen molar-refractivity contribution in [2.45, 2.75) is 38.3 Å². The number of hydrogen-bond acceptors (Lipinski definition) is 4. The number of amides is 3. The fraction of sp³-hybridized carbons (Fsp3) is 0.400. The summed E-state index contributed by atoms with van der Waals surface area (Å²) < 4.78 is 0. The zero-order valence-electron chi connectivity index (χ0n) is 18.2. The number of anilines is 1. The van der Waals surface area contributed by atoms with Crippen LogP contribution in [0.4, 0.5) is 5.69 Å². The number of rotatable bonds is 8. The van der Waals surface area contributed by atoms with E-state index in [0.717, 1.165) is 44.3 Å². The van der Waals surface area contributed by atoms with Crippen LogP contribution in [0.1, 0.15) is 41.6 Å². The molecule has 0 bridgehead atoms. The maximum absolute atomic E-state index is 12.7. The molecule has 2 aromatic carbocycles. The molecule has 0 radical (unpaired) electrons. The maximum Gasteiger partial charge on any atom is 0.253 e. The second-order valence-electron chi connectivity index (χ2n) is 8.60. The van der Waals surface area contributed by atoms with E-state index in [4.69, 9.17) is 0 Å². The van der Waals surface area contributed by atoms with Crippen molar-refractivity contribution in [3.63, 3.8) is 0 Å². The van der Waals surface area contributed by atoms with Crippen molar-refractivity contribution in [2.75, 3.05) is 25.0 Å². The first-order valence-corrected chi connectivity index (χ1v) is 11.3. The summed E-state index contributed by atoms with van der Waals surface area (Å²) >= 11 is 0. The molecule has 0 unspecified atom stereocenters. The molecule has 0 aromatic heterocycles. The Labute approximate surface area is 188 Å². The zero-order valence-corrected chi connectivity index (χ0v) is 18.2. The molecule has 1 aliphatic heterocycles. The molecule has 1 aliphatic carbocycles. The third-order valence-corrected chi connectivity index (χ3v) is 5.99. The Morgan fingerprint density at radius 1 is 0.875 bits per heavy atom. The van der Waals surface area contributed by atoms with Gasteiger partial charge in [-0.3, -0.25) is 19.3 Å². The van der Waals surface area contributed by atoms with Crippen LogP contribution in [0, 0.1) is 5.92 Å². The van der Waals surface area contributed by atoms with Crippen molar-refractivity contribution in [2.24, 2.45) is 5.92 Å². The van der Waals surface area contributed by atoms with Crippen molar-refractivity contribution in [1.29, 1.82) is 0 Å². The summed E-state index contributed by atoms with van der Waals surface area (Å²) in [4.78, 5) is 39.3. The highest BCUT2D eigenvalue weighted by Crippen LogP contribution is 2.29. The van der Waals surface area contributed by atoms with Crippen LogP contribution in [-0.2, 0) is 16.1 Å². The molecule has 1 heterocycles. The second-order valence-corrected chi connectivity index (χ2v) is 8.60. The van der Waals surface area contributed by atoms with Gasteiger partial charge in [0.05, 0.1) is 17.8 Å². The van der Waals surface area contributed by atoms with Gasteiger partial charge in [-0.2, -0.15) is 0 Å². The molecule has 3 amide bonds. The largest absolute Gasteiger partial charge is 0.353 e. The van der Waals surface area contributed by atoms with Crippen LogP contribution < -0.4 is 16.0 Å². The van der Waals surface area contributed by atoms with Gasteiger partial charge in [0.1, 0.15) is 0 Å². The summed E-state index contributed by atoms with van der Waals surface area (Å²) in [6.45, 7) is 2.22. The molecule has 168 valence electrons. The number of carbonyl (C=O) groups is 3. The van der Waals surface area contributed by atoms with Gasteiger partial charge in [0.15, 0.2) is 0 Å². The highest BCUT2D eigenvalue weighted by atomic mass is 16.2. The van der Waals surface area contributed by atoms with Gasteiger partial charge >= 0.3 is 0 Å². The van der Waals surface area contributed by atoms with Gasteiger partial charge in [0, 0.05) is 31.6 Å². The Balaban J connectivity index is 1.25. The predicted molar refractivity (Wildman–Crippen MR) is 123 cm³/mol. The minimum absolute atomic E-state index is 0.145. The van der Waals surface area contributed by atoms with Crippen LogP contribution in [0.15, 0.2) is 54.6 Å². The Bertz CT molecular complexity index is 951. The topological polar surface area (TPSA) is 90.5 Å². The number of piperidine rings is 1. The molecule has 4 rings (SSSR count). The third kappa shape index (κ3) is 6.17. The number of carbonyl (C=O) groups excluding carboxylic acids is 3. The minimum Gasteiger partial charge on any atom is -0.353 e. The first-order valence-electron chi connectivity index (χ1n) is 11.3. The molecule has 1 saturated heterocycles. The third-order valence-electron chi connectivity index (χ3n) is 5.99. The van der Waals surface area contributed by atoms with E-state index < -0.39 is 0 Å². The average molecular weight is 435 g/mol. The van der Waals surface area contributed by atoms with E-state index in [1.54, 1.807) is 24.3 Å². The average Bonchev–Trinajstić information content (AvgIpc) is 3.65. The lowest BCUT2D eigenvalue weighted by atomic mass is 10.0. The molecule has 32 heavy (non-hydrogen) atoms. The van der Waals surface area contributed by atoms with E-state index in [0.29, 0.717) is 17.8 Å². The molecule has 0 spiro atoms. The zero-order chi connectivity index (χ0) is 22.3. The number of nitrogens with zero attached hydrogens (tertiary/aromatic N) is 1.